The number of nitrogens with zero attached hydrogens (tertiary/aromatic N) is 1. The second-order valence-corrected chi connectivity index (χ2v) is 5.56. The molecule has 7 nitrogen and oxygen atoms in total. The summed E-state index contributed by atoms with van der Waals surface area (Å²) in [7, 11) is 0. The van der Waals surface area contributed by atoms with E-state index in [0.29, 0.717) is 18.9 Å². The van der Waals surface area contributed by atoms with Crippen LogP contribution in [0.1, 0.15) is 20.8 Å². The highest BCUT2D eigenvalue weighted by atomic mass is 16.5. The molecule has 0 aliphatic carbocycles. The Labute approximate surface area is 107 Å². The van der Waals surface area contributed by atoms with Crippen LogP contribution in [0, 0.1) is 5.41 Å². The lowest BCUT2D eigenvalue weighted by atomic mass is 9.95. The van der Waals surface area contributed by atoms with Crippen LogP contribution < -0.4 is 17.3 Å². The van der Waals surface area contributed by atoms with Crippen LogP contribution >= 0.6 is 0 Å². The number of carbonyl (C=O) groups excluding carboxylic acids is 1. The van der Waals surface area contributed by atoms with E-state index < -0.39 is 11.0 Å². The Morgan fingerprint density at radius 2 is 2.06 bits per heavy atom. The molecule has 1 aliphatic rings. The van der Waals surface area contributed by atoms with E-state index in [4.69, 9.17) is 26.8 Å². The normalized spacial score (nSPS) is 19.1. The number of hydrogen-bond donors (Lipinski definition) is 3. The molecule has 0 saturated carbocycles. The molecular formula is C11H22N4O3. The molecule has 1 saturated heterocycles. The first-order valence-electron chi connectivity index (χ1n) is 5.68. The monoisotopic (exact) mass is 258 g/mol. The van der Waals surface area contributed by atoms with Gasteiger partial charge in [0.1, 0.15) is 5.54 Å². The summed E-state index contributed by atoms with van der Waals surface area (Å²) in [6.45, 7) is 5.95. The van der Waals surface area contributed by atoms with Crippen molar-refractivity contribution in [2.24, 2.45) is 22.7 Å². The number of hydrogen-bond acceptors (Lipinski definition) is 7. The Bertz CT molecular complexity index is 345. The van der Waals surface area contributed by atoms with Crippen LogP contribution in [-0.4, -0.2) is 36.5 Å². The van der Waals surface area contributed by atoms with E-state index in [9.17, 15) is 4.79 Å². The molecule has 0 unspecified atom stereocenters. The van der Waals surface area contributed by atoms with Crippen LogP contribution in [0.3, 0.4) is 0 Å². The van der Waals surface area contributed by atoms with Gasteiger partial charge >= 0.3 is 5.97 Å². The van der Waals surface area contributed by atoms with Crippen molar-refractivity contribution in [3.8, 4) is 0 Å². The van der Waals surface area contributed by atoms with Crippen molar-refractivity contribution in [2.75, 3.05) is 19.9 Å². The topological polar surface area (TPSA) is 117 Å². The highest BCUT2D eigenvalue weighted by molar-refractivity contribution is 5.75. The van der Waals surface area contributed by atoms with Gasteiger partial charge in [0.2, 0.25) is 0 Å². The van der Waals surface area contributed by atoms with Gasteiger partial charge in [-0.3, -0.25) is 9.80 Å². The molecule has 7 heteroatoms. The minimum Gasteiger partial charge on any atom is -0.442 e. The highest BCUT2D eigenvalue weighted by Crippen LogP contribution is 2.19. The number of carbonyl (C=O) groups is 1. The fourth-order valence-electron chi connectivity index (χ4n) is 1.18. The van der Waals surface area contributed by atoms with Gasteiger partial charge in [0, 0.05) is 6.20 Å². The average molecular weight is 258 g/mol. The predicted molar refractivity (Wildman–Crippen MR) is 66.4 cm³/mol. The Morgan fingerprint density at radius 3 is 2.44 bits per heavy atom. The number of nitrogens with two attached hydrogens (primary N) is 3. The number of hydrazine groups is 1. The van der Waals surface area contributed by atoms with E-state index in [-0.39, 0.29) is 12.7 Å². The van der Waals surface area contributed by atoms with Crippen LogP contribution in [0.2, 0.25) is 0 Å². The average Bonchev–Trinajstić information content (AvgIpc) is 2.20. The lowest BCUT2D eigenvalue weighted by molar-refractivity contribution is -0.156. The third-order valence-electron chi connectivity index (χ3n) is 2.56. The van der Waals surface area contributed by atoms with Gasteiger partial charge in [0.05, 0.1) is 24.3 Å². The lowest BCUT2D eigenvalue weighted by Crippen LogP contribution is -2.61. The molecule has 0 atom stereocenters. The van der Waals surface area contributed by atoms with Crippen LogP contribution in [0.25, 0.3) is 0 Å². The molecule has 0 aromatic heterocycles. The molecule has 0 bridgehead atoms. The number of ether oxygens (including phenoxy) is 2. The zero-order chi connectivity index (χ0) is 14.0. The van der Waals surface area contributed by atoms with Gasteiger partial charge in [-0.1, -0.05) is 0 Å². The molecule has 0 radical (unpaired) electrons. The first-order valence-corrected chi connectivity index (χ1v) is 5.68. The summed E-state index contributed by atoms with van der Waals surface area (Å²) < 4.78 is 10.0. The largest absolute Gasteiger partial charge is 0.442 e. The zero-order valence-electron chi connectivity index (χ0n) is 11.1. The molecule has 104 valence electrons. The maximum absolute atomic E-state index is 11.5. The molecule has 0 amide bonds. The van der Waals surface area contributed by atoms with Gasteiger partial charge in [-0.25, -0.2) is 5.84 Å². The molecule has 0 aromatic carbocycles. The predicted octanol–water partition coefficient (Wildman–Crippen LogP) is -0.763. The van der Waals surface area contributed by atoms with Gasteiger partial charge in [-0.2, -0.15) is 0 Å². The van der Waals surface area contributed by atoms with Gasteiger partial charge < -0.3 is 20.9 Å². The lowest BCUT2D eigenvalue weighted by Gasteiger charge is -2.38. The maximum Gasteiger partial charge on any atom is 0.312 e. The molecule has 0 spiro atoms. The van der Waals surface area contributed by atoms with Crippen molar-refractivity contribution in [1.82, 2.24) is 5.01 Å². The Hall–Kier alpha value is -1.31. The molecule has 1 fully saturated rings. The SMILES string of the molecule is CC(C)(C)C(=O)OCN(N)/C=C(\N)C1(N)COC1. The first kappa shape index (κ1) is 14.7. The Balaban J connectivity index is 2.44. The van der Waals surface area contributed by atoms with E-state index in [1.165, 1.54) is 11.2 Å². The maximum atomic E-state index is 11.5. The van der Waals surface area contributed by atoms with E-state index in [1.54, 1.807) is 20.8 Å². The minimum atomic E-state index is -0.661. The van der Waals surface area contributed by atoms with Gasteiger partial charge in [-0.15, -0.1) is 0 Å². The molecule has 0 aromatic rings. The fraction of sp³-hybridized carbons (Fsp3) is 0.727. The summed E-state index contributed by atoms with van der Waals surface area (Å²) in [6.07, 6.45) is 1.46. The summed E-state index contributed by atoms with van der Waals surface area (Å²) in [4.78, 5) is 11.5. The molecule has 18 heavy (non-hydrogen) atoms. The second kappa shape index (κ2) is 5.13. The summed E-state index contributed by atoms with van der Waals surface area (Å²) in [5.74, 6) is 5.31. The third kappa shape index (κ3) is 3.59. The highest BCUT2D eigenvalue weighted by Gasteiger charge is 2.37. The van der Waals surface area contributed by atoms with Crippen LogP contribution in [-0.2, 0) is 14.3 Å². The summed E-state index contributed by atoms with van der Waals surface area (Å²) in [5.41, 5.74) is 10.9. The van der Waals surface area contributed by atoms with Crippen LogP contribution in [0.4, 0.5) is 0 Å². The van der Waals surface area contributed by atoms with Crippen molar-refractivity contribution >= 4 is 5.97 Å². The Kier molecular flexibility index (Phi) is 4.20. The number of rotatable bonds is 4. The van der Waals surface area contributed by atoms with Crippen molar-refractivity contribution < 1.29 is 14.3 Å². The van der Waals surface area contributed by atoms with E-state index in [2.05, 4.69) is 0 Å². The molecule has 1 aliphatic heterocycles. The summed E-state index contributed by atoms with van der Waals surface area (Å²) >= 11 is 0. The van der Waals surface area contributed by atoms with Gasteiger partial charge in [0.15, 0.2) is 6.73 Å². The third-order valence-corrected chi connectivity index (χ3v) is 2.56. The van der Waals surface area contributed by atoms with Crippen LogP contribution in [0.15, 0.2) is 11.9 Å². The molecule has 1 heterocycles. The van der Waals surface area contributed by atoms with Crippen molar-refractivity contribution in [3.63, 3.8) is 0 Å². The number of esters is 1. The second-order valence-electron chi connectivity index (χ2n) is 5.56. The van der Waals surface area contributed by atoms with Crippen molar-refractivity contribution in [2.45, 2.75) is 26.3 Å². The summed E-state index contributed by atoms with van der Waals surface area (Å²) in [5, 5.41) is 1.19. The quantitative estimate of drug-likeness (QED) is 0.262. The smallest absolute Gasteiger partial charge is 0.312 e. The molecular weight excluding hydrogens is 236 g/mol. The fourth-order valence-corrected chi connectivity index (χ4v) is 1.18. The standard InChI is InChI=1S/C11H22N4O3/c1-10(2,3)9(16)18-7-15(14)4-8(12)11(13)5-17-6-11/h4H,5-7,12-14H2,1-3H3/b8-4-. The zero-order valence-corrected chi connectivity index (χ0v) is 11.1. The first-order chi connectivity index (χ1) is 8.15. The molecule has 1 rings (SSSR count). The van der Waals surface area contributed by atoms with E-state index in [0.717, 1.165) is 0 Å². The summed E-state index contributed by atoms with van der Waals surface area (Å²) in [6, 6.07) is 0. The van der Waals surface area contributed by atoms with Crippen molar-refractivity contribution in [3.05, 3.63) is 11.9 Å². The van der Waals surface area contributed by atoms with Crippen molar-refractivity contribution in [1.29, 1.82) is 0 Å². The molecule has 6 N–H and O–H groups in total. The van der Waals surface area contributed by atoms with E-state index in [1.807, 2.05) is 0 Å². The van der Waals surface area contributed by atoms with E-state index >= 15 is 0 Å². The minimum absolute atomic E-state index is 0.0757. The van der Waals surface area contributed by atoms with Gasteiger partial charge in [-0.05, 0) is 20.8 Å². The Morgan fingerprint density at radius 1 is 1.50 bits per heavy atom. The van der Waals surface area contributed by atoms with Crippen LogP contribution in [0.5, 0.6) is 0 Å². The van der Waals surface area contributed by atoms with Gasteiger partial charge in [0.25, 0.3) is 0 Å².